The third-order valence-corrected chi connectivity index (χ3v) is 7.68. The highest BCUT2D eigenvalue weighted by atomic mass is 32.2. The second-order valence-electron chi connectivity index (χ2n) is 7.95. The number of hydrogen-bond acceptors (Lipinski definition) is 3. The molecule has 3 rings (SSSR count). The van der Waals surface area contributed by atoms with Gasteiger partial charge in [-0.3, -0.25) is 4.79 Å². The zero-order valence-corrected chi connectivity index (χ0v) is 15.3. The van der Waals surface area contributed by atoms with Crippen molar-refractivity contribution in [3.05, 3.63) is 42.0 Å². The highest BCUT2D eigenvalue weighted by Crippen LogP contribution is 2.43. The van der Waals surface area contributed by atoms with Crippen LogP contribution in [0.3, 0.4) is 0 Å². The number of anilines is 1. The van der Waals surface area contributed by atoms with Crippen molar-refractivity contribution in [2.24, 2.45) is 17.8 Å². The predicted molar refractivity (Wildman–Crippen MR) is 96.3 cm³/mol. The number of allylic oxidation sites excluding steroid dienone is 2. The molecule has 1 saturated carbocycles. The lowest BCUT2D eigenvalue weighted by molar-refractivity contribution is -0.120. The summed E-state index contributed by atoms with van der Waals surface area (Å²) in [5, 5.41) is 2.97. The maximum atomic E-state index is 12.5. The van der Waals surface area contributed by atoms with Gasteiger partial charge in [0.2, 0.25) is 5.91 Å². The Balaban J connectivity index is 1.70. The molecule has 3 unspecified atom stereocenters. The number of carbonyl (C=O) groups is 1. The molecule has 5 heteroatoms. The van der Waals surface area contributed by atoms with Gasteiger partial charge in [0.1, 0.15) is 0 Å². The van der Waals surface area contributed by atoms with Gasteiger partial charge in [0.25, 0.3) is 0 Å². The van der Waals surface area contributed by atoms with E-state index in [0.717, 1.165) is 12.8 Å². The minimum Gasteiger partial charge on any atom is -0.326 e. The summed E-state index contributed by atoms with van der Waals surface area (Å²) in [5.74, 6) is 0.981. The average molecular weight is 347 g/mol. The zero-order chi connectivity index (χ0) is 17.5. The number of rotatable bonds is 4. The molecule has 1 aromatic carbocycles. The molecular formula is C19H25NO3S. The van der Waals surface area contributed by atoms with Crippen LogP contribution in [0.5, 0.6) is 0 Å². The molecule has 0 aliphatic heterocycles. The Morgan fingerprint density at radius 2 is 1.96 bits per heavy atom. The average Bonchev–Trinajstić information content (AvgIpc) is 3.08. The van der Waals surface area contributed by atoms with Crippen molar-refractivity contribution < 1.29 is 13.2 Å². The Kier molecular flexibility index (Phi) is 4.32. The quantitative estimate of drug-likeness (QED) is 0.847. The Hall–Kier alpha value is -1.62. The summed E-state index contributed by atoms with van der Waals surface area (Å²) in [5.41, 5.74) is 1.38. The third-order valence-electron chi connectivity index (χ3n) is 5.10. The normalized spacial score (nSPS) is 25.9. The highest BCUT2D eigenvalue weighted by molar-refractivity contribution is 7.91. The van der Waals surface area contributed by atoms with Crippen molar-refractivity contribution in [3.63, 3.8) is 0 Å². The first kappa shape index (κ1) is 17.2. The minimum atomic E-state index is -3.24. The van der Waals surface area contributed by atoms with Gasteiger partial charge in [-0.05, 0) is 63.1 Å². The molecule has 2 aliphatic carbocycles. The summed E-state index contributed by atoms with van der Waals surface area (Å²) in [7, 11) is -3.24. The molecular weight excluding hydrogens is 322 g/mol. The summed E-state index contributed by atoms with van der Waals surface area (Å²) >= 11 is 0. The molecule has 0 aromatic heterocycles. The number of carbonyl (C=O) groups excluding carboxylic acids is 1. The van der Waals surface area contributed by atoms with Crippen LogP contribution < -0.4 is 5.32 Å². The van der Waals surface area contributed by atoms with Crippen molar-refractivity contribution in [2.75, 3.05) is 5.32 Å². The van der Waals surface area contributed by atoms with Crippen molar-refractivity contribution in [1.82, 2.24) is 0 Å². The molecule has 130 valence electrons. The Morgan fingerprint density at radius 1 is 1.21 bits per heavy atom. The molecule has 2 bridgehead atoms. The number of benzene rings is 1. The standard InChI is InChI=1S/C19H25NO3S/c1-19(2,3)24(22,23)12-14-5-4-6-16(10-14)20-18(21)17-11-13-7-8-15(17)9-13/h4-8,10,13,15,17H,9,11-12H2,1-3H3,(H,20,21). The Morgan fingerprint density at radius 3 is 2.54 bits per heavy atom. The topological polar surface area (TPSA) is 63.2 Å². The van der Waals surface area contributed by atoms with Crippen LogP contribution in [0.25, 0.3) is 0 Å². The van der Waals surface area contributed by atoms with E-state index < -0.39 is 14.6 Å². The smallest absolute Gasteiger partial charge is 0.228 e. The van der Waals surface area contributed by atoms with Crippen molar-refractivity contribution >= 4 is 21.4 Å². The van der Waals surface area contributed by atoms with Crippen LogP contribution in [-0.2, 0) is 20.4 Å². The highest BCUT2D eigenvalue weighted by Gasteiger charge is 2.39. The zero-order valence-electron chi connectivity index (χ0n) is 14.5. The van der Waals surface area contributed by atoms with Crippen LogP contribution in [0.2, 0.25) is 0 Å². The van der Waals surface area contributed by atoms with Crippen LogP contribution in [-0.4, -0.2) is 19.1 Å². The molecule has 4 nitrogen and oxygen atoms in total. The molecule has 0 radical (unpaired) electrons. The summed E-state index contributed by atoms with van der Waals surface area (Å²) in [6.07, 6.45) is 6.38. The van der Waals surface area contributed by atoms with E-state index in [9.17, 15) is 13.2 Å². The minimum absolute atomic E-state index is 0.0168. The monoisotopic (exact) mass is 347 g/mol. The molecule has 24 heavy (non-hydrogen) atoms. The van der Waals surface area contributed by atoms with Crippen LogP contribution in [0, 0.1) is 17.8 Å². The molecule has 0 heterocycles. The maximum Gasteiger partial charge on any atom is 0.228 e. The lowest BCUT2D eigenvalue weighted by Crippen LogP contribution is -2.29. The lowest BCUT2D eigenvalue weighted by Gasteiger charge is -2.20. The van der Waals surface area contributed by atoms with Gasteiger partial charge in [0.05, 0.1) is 10.5 Å². The first-order chi connectivity index (χ1) is 11.2. The van der Waals surface area contributed by atoms with Gasteiger partial charge < -0.3 is 5.32 Å². The number of nitrogens with one attached hydrogen (secondary N) is 1. The SMILES string of the molecule is CC(C)(C)S(=O)(=O)Cc1cccc(NC(=O)C2CC3C=CC2C3)c1. The summed E-state index contributed by atoms with van der Waals surface area (Å²) in [4.78, 5) is 12.5. The second-order valence-corrected chi connectivity index (χ2v) is 10.7. The van der Waals surface area contributed by atoms with Crippen LogP contribution in [0.4, 0.5) is 5.69 Å². The molecule has 1 N–H and O–H groups in total. The van der Waals surface area contributed by atoms with Crippen LogP contribution in [0.15, 0.2) is 36.4 Å². The van der Waals surface area contributed by atoms with E-state index in [-0.39, 0.29) is 17.6 Å². The fourth-order valence-electron chi connectivity index (χ4n) is 3.49. The fraction of sp³-hybridized carbons (Fsp3) is 0.526. The molecule has 2 aliphatic rings. The number of hydrogen-bond donors (Lipinski definition) is 1. The van der Waals surface area contributed by atoms with E-state index in [1.54, 1.807) is 39.0 Å². The molecule has 0 saturated heterocycles. The van der Waals surface area contributed by atoms with Crippen LogP contribution in [0.1, 0.15) is 39.2 Å². The fourth-order valence-corrected chi connectivity index (χ4v) is 4.54. The largest absolute Gasteiger partial charge is 0.326 e. The van der Waals surface area contributed by atoms with Crippen molar-refractivity contribution in [1.29, 1.82) is 0 Å². The van der Waals surface area contributed by atoms with Gasteiger partial charge in [-0.25, -0.2) is 8.42 Å². The van der Waals surface area contributed by atoms with Crippen molar-refractivity contribution in [3.8, 4) is 0 Å². The Labute approximate surface area is 144 Å². The van der Waals surface area contributed by atoms with E-state index in [2.05, 4.69) is 17.5 Å². The molecule has 1 amide bonds. The summed E-state index contributed by atoms with van der Waals surface area (Å²) in [6, 6.07) is 7.17. The van der Waals surface area contributed by atoms with E-state index >= 15 is 0 Å². The molecule has 1 fully saturated rings. The third kappa shape index (κ3) is 3.41. The van der Waals surface area contributed by atoms with Gasteiger partial charge in [0.15, 0.2) is 9.84 Å². The first-order valence-electron chi connectivity index (χ1n) is 8.46. The maximum absolute atomic E-state index is 12.5. The van der Waals surface area contributed by atoms with E-state index in [1.807, 2.05) is 6.07 Å². The summed E-state index contributed by atoms with van der Waals surface area (Å²) in [6.45, 7) is 5.11. The van der Waals surface area contributed by atoms with E-state index in [4.69, 9.17) is 0 Å². The first-order valence-corrected chi connectivity index (χ1v) is 10.1. The van der Waals surface area contributed by atoms with E-state index in [1.165, 1.54) is 0 Å². The van der Waals surface area contributed by atoms with Crippen molar-refractivity contribution in [2.45, 2.75) is 44.1 Å². The van der Waals surface area contributed by atoms with Gasteiger partial charge in [-0.1, -0.05) is 24.3 Å². The van der Waals surface area contributed by atoms with Gasteiger partial charge in [0, 0.05) is 11.6 Å². The predicted octanol–water partition coefficient (Wildman–Crippen LogP) is 3.55. The lowest BCUT2D eigenvalue weighted by atomic mass is 9.93. The van der Waals surface area contributed by atoms with Gasteiger partial charge >= 0.3 is 0 Å². The number of fused-ring (bicyclic) bond motifs is 2. The van der Waals surface area contributed by atoms with E-state index in [0.29, 0.717) is 23.1 Å². The van der Waals surface area contributed by atoms with Crippen LogP contribution >= 0.6 is 0 Å². The van der Waals surface area contributed by atoms with Gasteiger partial charge in [-0.2, -0.15) is 0 Å². The molecule has 1 aromatic rings. The Bertz CT molecular complexity index is 774. The van der Waals surface area contributed by atoms with Gasteiger partial charge in [-0.15, -0.1) is 0 Å². The second kappa shape index (κ2) is 6.03. The molecule has 0 spiro atoms. The molecule has 3 atom stereocenters. The number of sulfone groups is 1. The summed E-state index contributed by atoms with van der Waals surface area (Å²) < 4.78 is 23.9. The number of amides is 1.